The first kappa shape index (κ1) is 38.4. The lowest BCUT2D eigenvalue weighted by Gasteiger charge is -2.33. The molecule has 0 aromatic heterocycles. The Morgan fingerprint density at radius 1 is 0.936 bits per heavy atom. The van der Waals surface area contributed by atoms with Crippen LogP contribution >= 0.6 is 0 Å². The van der Waals surface area contributed by atoms with Gasteiger partial charge in [0.15, 0.2) is 0 Å². The molecule has 2 aromatic carbocycles. The summed E-state index contributed by atoms with van der Waals surface area (Å²) in [6.45, 7) is 6.13. The summed E-state index contributed by atoms with van der Waals surface area (Å²) in [6.07, 6.45) is -18.2. The van der Waals surface area contributed by atoms with Gasteiger partial charge in [-0.1, -0.05) is 55.6 Å². The van der Waals surface area contributed by atoms with E-state index in [0.717, 1.165) is 6.08 Å². The average Bonchev–Trinajstić information content (AvgIpc) is 2.95. The number of ether oxygens (including phenoxy) is 1. The second kappa shape index (κ2) is 15.2. The van der Waals surface area contributed by atoms with E-state index in [9.17, 15) is 61.9 Å². The van der Waals surface area contributed by atoms with Crippen molar-refractivity contribution < 1.29 is 66.6 Å². The molecule has 47 heavy (non-hydrogen) atoms. The van der Waals surface area contributed by atoms with Crippen LogP contribution in [-0.2, 0) is 17.3 Å². The highest BCUT2D eigenvalue weighted by Crippen LogP contribution is 2.34. The summed E-state index contributed by atoms with van der Waals surface area (Å²) in [4.78, 5) is 13.3. The van der Waals surface area contributed by atoms with Gasteiger partial charge in [-0.2, -0.15) is 43.9 Å². The van der Waals surface area contributed by atoms with Crippen molar-refractivity contribution >= 4 is 5.91 Å². The highest BCUT2D eigenvalue weighted by molar-refractivity contribution is 5.95. The summed E-state index contributed by atoms with van der Waals surface area (Å²) < 4.78 is 176. The molecule has 0 bridgehead atoms. The summed E-state index contributed by atoms with van der Waals surface area (Å²) in [5, 5.41) is 2.23. The van der Waals surface area contributed by atoms with Crippen molar-refractivity contribution in [3.8, 4) is 0 Å². The molecule has 0 unspecified atom stereocenters. The van der Waals surface area contributed by atoms with Gasteiger partial charge in [0.1, 0.15) is 17.5 Å². The molecule has 3 nitrogen and oxygen atoms in total. The number of hydrogen-bond acceptors (Lipinski definition) is 2. The largest absolute Gasteiger partial charge is 0.460 e. The molecule has 0 heterocycles. The number of halogens is 13. The first-order valence-electron chi connectivity index (χ1n) is 12.7. The quantitative estimate of drug-likeness (QED) is 0.129. The van der Waals surface area contributed by atoms with E-state index in [4.69, 9.17) is 0 Å². The first-order chi connectivity index (χ1) is 21.6. The maximum atomic E-state index is 14.8. The molecule has 0 aliphatic rings. The fraction of sp³-hybridized carbons (Fsp3) is 0.194. The third-order valence-electron chi connectivity index (χ3n) is 6.04. The van der Waals surface area contributed by atoms with E-state index in [1.807, 2.05) is 0 Å². The Kier molecular flexibility index (Phi) is 12.4. The number of hydrogen-bond donors (Lipinski definition) is 1. The first-order valence-corrected chi connectivity index (χ1v) is 12.7. The molecule has 1 atom stereocenters. The van der Waals surface area contributed by atoms with Gasteiger partial charge in [0, 0.05) is 18.1 Å². The molecule has 0 aliphatic carbocycles. The maximum Gasteiger partial charge on any atom is 0.460 e. The minimum atomic E-state index is -5.25. The van der Waals surface area contributed by atoms with Crippen LogP contribution in [0.25, 0.3) is 0 Å². The van der Waals surface area contributed by atoms with Gasteiger partial charge >= 0.3 is 24.9 Å². The predicted octanol–water partition coefficient (Wildman–Crippen LogP) is 9.88. The van der Waals surface area contributed by atoms with Crippen molar-refractivity contribution in [2.45, 2.75) is 36.8 Å². The number of benzene rings is 2. The zero-order chi connectivity index (χ0) is 35.8. The van der Waals surface area contributed by atoms with Crippen LogP contribution in [0.5, 0.6) is 0 Å². The molecule has 2 aromatic rings. The van der Waals surface area contributed by atoms with Crippen LogP contribution in [-0.4, -0.2) is 30.2 Å². The predicted molar refractivity (Wildman–Crippen MR) is 145 cm³/mol. The third kappa shape index (κ3) is 10.9. The fourth-order valence-electron chi connectivity index (χ4n) is 3.64. The van der Waals surface area contributed by atoms with E-state index < -0.39 is 82.5 Å². The molecule has 16 heteroatoms. The Hall–Kier alpha value is -4.76. The Bertz CT molecular complexity index is 1570. The summed E-state index contributed by atoms with van der Waals surface area (Å²) in [5.74, 6) is -6.58. The molecule has 0 radical (unpaired) electrons. The van der Waals surface area contributed by atoms with E-state index in [0.29, 0.717) is 24.3 Å². The average molecular weight is 687 g/mol. The Morgan fingerprint density at radius 3 is 2.11 bits per heavy atom. The van der Waals surface area contributed by atoms with Crippen molar-refractivity contribution in [3.63, 3.8) is 0 Å². The molecular weight excluding hydrogens is 665 g/mol. The zero-order valence-electron chi connectivity index (χ0n) is 23.5. The molecule has 0 aliphatic heterocycles. The molecule has 1 amide bonds. The Balaban J connectivity index is 2.73. The zero-order valence-corrected chi connectivity index (χ0v) is 23.5. The summed E-state index contributed by atoms with van der Waals surface area (Å²) in [5.41, 5.74) is -7.16. The number of alkyl halides is 10. The highest BCUT2D eigenvalue weighted by atomic mass is 19.4. The lowest BCUT2D eigenvalue weighted by molar-refractivity contribution is -0.274. The van der Waals surface area contributed by atoms with Crippen molar-refractivity contribution in [1.29, 1.82) is 0 Å². The minimum absolute atomic E-state index is 0.128. The molecule has 0 saturated heterocycles. The van der Waals surface area contributed by atoms with Crippen LogP contribution in [0.3, 0.4) is 0 Å². The van der Waals surface area contributed by atoms with Gasteiger partial charge in [0.25, 0.3) is 5.91 Å². The number of carbonyl (C=O) groups excluding carboxylic acids is 1. The molecule has 1 N–H and O–H groups in total. The second-order valence-corrected chi connectivity index (χ2v) is 9.47. The Morgan fingerprint density at radius 2 is 1.55 bits per heavy atom. The van der Waals surface area contributed by atoms with Crippen LogP contribution in [0, 0.1) is 5.82 Å². The van der Waals surface area contributed by atoms with Gasteiger partial charge in [-0.05, 0) is 41.5 Å². The van der Waals surface area contributed by atoms with Gasteiger partial charge in [-0.3, -0.25) is 4.79 Å². The van der Waals surface area contributed by atoms with E-state index in [-0.39, 0.29) is 30.0 Å². The number of rotatable bonds is 13. The molecule has 0 spiro atoms. The van der Waals surface area contributed by atoms with Gasteiger partial charge < -0.3 is 10.1 Å². The SMILES string of the molecule is C=C(C(F)=CC=C[C@@](Cc1ccccc1)(NC(=O)c1ccc(F)c(C(F)(F)F)c1)C(=C)C=C(F)C=COC(F)(F)C(F)F)C(F)(F)F. The van der Waals surface area contributed by atoms with Crippen LogP contribution in [0.2, 0.25) is 0 Å². The number of carbonyl (C=O) groups is 1. The fourth-order valence-corrected chi connectivity index (χ4v) is 3.64. The molecule has 0 fully saturated rings. The normalized spacial score (nSPS) is 14.9. The minimum Gasteiger partial charge on any atom is -0.436 e. The number of amides is 1. The van der Waals surface area contributed by atoms with E-state index in [2.05, 4.69) is 23.2 Å². The standard InChI is InChI=1S/C31H22F13NO2/c1-18(15-22(32)12-14-47-31(43,44)27(35)36)28(17-20-7-4-3-5-8-20,13-6-9-24(33)19(2)29(37,38)39)45-26(46)21-10-11-25(34)23(16-21)30(40,41)42/h3-16,27H,1-2,17H2,(H,45,46)/t28-/m0/s1. The number of nitrogens with one attached hydrogen (secondary N) is 1. The summed E-state index contributed by atoms with van der Waals surface area (Å²) in [6, 6.07) is 8.41. The van der Waals surface area contributed by atoms with Crippen molar-refractivity contribution in [1.82, 2.24) is 5.32 Å². The van der Waals surface area contributed by atoms with Crippen molar-refractivity contribution in [3.05, 3.63) is 144 Å². The maximum absolute atomic E-state index is 14.8. The van der Waals surface area contributed by atoms with Crippen LogP contribution < -0.4 is 5.32 Å². The molecular formula is C31H22F13NO2. The van der Waals surface area contributed by atoms with Crippen LogP contribution in [0.15, 0.2) is 121 Å². The molecule has 254 valence electrons. The van der Waals surface area contributed by atoms with E-state index in [1.165, 1.54) is 30.3 Å². The highest BCUT2D eigenvalue weighted by Gasteiger charge is 2.43. The van der Waals surface area contributed by atoms with Crippen LogP contribution in [0.4, 0.5) is 57.1 Å². The van der Waals surface area contributed by atoms with Gasteiger partial charge in [-0.15, -0.1) is 0 Å². The van der Waals surface area contributed by atoms with E-state index >= 15 is 0 Å². The third-order valence-corrected chi connectivity index (χ3v) is 6.04. The van der Waals surface area contributed by atoms with Gasteiger partial charge in [0.05, 0.1) is 22.9 Å². The second-order valence-electron chi connectivity index (χ2n) is 9.47. The van der Waals surface area contributed by atoms with Crippen LogP contribution in [0.1, 0.15) is 21.5 Å². The topological polar surface area (TPSA) is 38.3 Å². The van der Waals surface area contributed by atoms with Gasteiger partial charge in [0.2, 0.25) is 0 Å². The lowest BCUT2D eigenvalue weighted by atomic mass is 9.82. The Labute approximate surface area is 258 Å². The van der Waals surface area contributed by atoms with Gasteiger partial charge in [-0.25, -0.2) is 13.2 Å². The van der Waals surface area contributed by atoms with E-state index in [1.54, 1.807) is 0 Å². The monoisotopic (exact) mass is 687 g/mol. The molecule has 0 saturated carbocycles. The summed E-state index contributed by atoms with van der Waals surface area (Å²) >= 11 is 0. The summed E-state index contributed by atoms with van der Waals surface area (Å²) in [7, 11) is 0. The van der Waals surface area contributed by atoms with Crippen molar-refractivity contribution in [2.75, 3.05) is 0 Å². The number of allylic oxidation sites excluding steroid dienone is 6. The lowest BCUT2D eigenvalue weighted by Crippen LogP contribution is -2.50. The molecule has 2 rings (SSSR count). The van der Waals surface area contributed by atoms with Crippen molar-refractivity contribution in [2.24, 2.45) is 0 Å². The smallest absolute Gasteiger partial charge is 0.436 e.